The number of nitrogens with zero attached hydrogens (tertiary/aromatic N) is 3. The lowest BCUT2D eigenvalue weighted by Gasteiger charge is -2.40. The van der Waals surface area contributed by atoms with Crippen molar-refractivity contribution < 1.29 is 4.79 Å². The highest BCUT2D eigenvalue weighted by Gasteiger charge is 2.38. The monoisotopic (exact) mass is 409 g/mol. The molecular weight excluding hydrogens is 382 g/mol. The number of hydrogen-bond donors (Lipinski definition) is 0. The van der Waals surface area contributed by atoms with E-state index < -0.39 is 0 Å². The SMILES string of the molecule is Cc1ccc(Cl)c(CC2CCCN2C(=O)N2CCN(C3CC3)c3ccccc32)c1. The van der Waals surface area contributed by atoms with Crippen molar-refractivity contribution in [2.75, 3.05) is 29.4 Å². The summed E-state index contributed by atoms with van der Waals surface area (Å²) in [5.41, 5.74) is 4.64. The first-order valence-electron chi connectivity index (χ1n) is 10.8. The Morgan fingerprint density at radius 3 is 2.62 bits per heavy atom. The Bertz CT molecular complexity index is 926. The van der Waals surface area contributed by atoms with Gasteiger partial charge in [-0.3, -0.25) is 4.90 Å². The minimum atomic E-state index is 0.152. The first-order chi connectivity index (χ1) is 14.1. The average molecular weight is 410 g/mol. The lowest BCUT2D eigenvalue weighted by atomic mass is 10.0. The highest BCUT2D eigenvalue weighted by atomic mass is 35.5. The van der Waals surface area contributed by atoms with Gasteiger partial charge in [-0.2, -0.15) is 0 Å². The third kappa shape index (κ3) is 3.59. The molecule has 1 aliphatic carbocycles. The molecule has 0 aromatic heterocycles. The van der Waals surface area contributed by atoms with Crippen molar-refractivity contribution >= 4 is 29.0 Å². The maximum Gasteiger partial charge on any atom is 0.324 e. The second-order valence-electron chi connectivity index (χ2n) is 8.64. The summed E-state index contributed by atoms with van der Waals surface area (Å²) >= 11 is 6.45. The topological polar surface area (TPSA) is 26.8 Å². The molecule has 29 heavy (non-hydrogen) atoms. The van der Waals surface area contributed by atoms with Gasteiger partial charge in [0.2, 0.25) is 0 Å². The lowest BCUT2D eigenvalue weighted by molar-refractivity contribution is 0.199. The van der Waals surface area contributed by atoms with E-state index in [0.717, 1.165) is 55.2 Å². The van der Waals surface area contributed by atoms with Crippen molar-refractivity contribution in [1.82, 2.24) is 4.90 Å². The van der Waals surface area contributed by atoms with Gasteiger partial charge in [0.15, 0.2) is 0 Å². The number of para-hydroxylation sites is 2. The number of amides is 2. The minimum Gasteiger partial charge on any atom is -0.365 e. The lowest BCUT2D eigenvalue weighted by Crippen LogP contribution is -2.51. The molecule has 0 radical (unpaired) electrons. The number of carbonyl (C=O) groups excluding carboxylic acids is 1. The van der Waals surface area contributed by atoms with Crippen LogP contribution < -0.4 is 9.80 Å². The number of likely N-dealkylation sites (tertiary alicyclic amines) is 1. The molecule has 2 aliphatic heterocycles. The van der Waals surface area contributed by atoms with Crippen LogP contribution in [-0.4, -0.2) is 42.6 Å². The Morgan fingerprint density at radius 1 is 1.03 bits per heavy atom. The molecule has 2 heterocycles. The number of fused-ring (bicyclic) bond motifs is 1. The van der Waals surface area contributed by atoms with Crippen LogP contribution in [0.4, 0.5) is 16.2 Å². The molecule has 5 rings (SSSR count). The Balaban J connectivity index is 1.38. The van der Waals surface area contributed by atoms with E-state index in [9.17, 15) is 4.79 Å². The zero-order chi connectivity index (χ0) is 20.0. The molecule has 0 spiro atoms. The number of aryl methyl sites for hydroxylation is 1. The standard InChI is InChI=1S/C24H28ClN3O/c1-17-8-11-21(25)18(15-17)16-20-5-4-12-27(20)24(29)28-14-13-26(19-9-10-19)22-6-2-3-7-23(22)28/h2-3,6-8,11,15,19-20H,4-5,9-10,12-14,16H2,1H3. The number of anilines is 2. The first-order valence-corrected chi connectivity index (χ1v) is 11.2. The number of hydrogen-bond acceptors (Lipinski definition) is 2. The van der Waals surface area contributed by atoms with Crippen LogP contribution in [0.1, 0.15) is 36.8 Å². The number of benzene rings is 2. The highest BCUT2D eigenvalue weighted by Crippen LogP contribution is 2.40. The van der Waals surface area contributed by atoms with Crippen LogP contribution in [0.25, 0.3) is 0 Å². The maximum absolute atomic E-state index is 13.6. The average Bonchev–Trinajstić information content (AvgIpc) is 3.48. The predicted molar refractivity (Wildman–Crippen MR) is 119 cm³/mol. The van der Waals surface area contributed by atoms with Crippen molar-refractivity contribution in [2.45, 2.75) is 51.1 Å². The van der Waals surface area contributed by atoms with Crippen LogP contribution in [0.3, 0.4) is 0 Å². The number of rotatable bonds is 3. The van der Waals surface area contributed by atoms with Crippen molar-refractivity contribution in [2.24, 2.45) is 0 Å². The second-order valence-corrected chi connectivity index (χ2v) is 9.04. The van der Waals surface area contributed by atoms with E-state index in [1.807, 2.05) is 23.1 Å². The van der Waals surface area contributed by atoms with Gasteiger partial charge in [-0.1, -0.05) is 41.4 Å². The van der Waals surface area contributed by atoms with Crippen LogP contribution in [0.15, 0.2) is 42.5 Å². The quantitative estimate of drug-likeness (QED) is 0.690. The van der Waals surface area contributed by atoms with Crippen molar-refractivity contribution in [3.8, 4) is 0 Å². The van der Waals surface area contributed by atoms with Crippen LogP contribution >= 0.6 is 11.6 Å². The third-order valence-electron chi connectivity index (χ3n) is 6.54. The number of carbonyl (C=O) groups is 1. The summed E-state index contributed by atoms with van der Waals surface area (Å²) in [4.78, 5) is 20.2. The maximum atomic E-state index is 13.6. The van der Waals surface area contributed by atoms with Crippen LogP contribution in [0.2, 0.25) is 5.02 Å². The van der Waals surface area contributed by atoms with E-state index >= 15 is 0 Å². The normalized spacial score (nSPS) is 21.4. The molecule has 0 N–H and O–H groups in total. The van der Waals surface area contributed by atoms with Crippen LogP contribution in [0.5, 0.6) is 0 Å². The summed E-state index contributed by atoms with van der Waals surface area (Å²) in [6.07, 6.45) is 5.47. The molecule has 1 saturated carbocycles. The van der Waals surface area contributed by atoms with Gasteiger partial charge in [0, 0.05) is 36.7 Å². The molecule has 3 aliphatic rings. The van der Waals surface area contributed by atoms with Crippen molar-refractivity contribution in [3.63, 3.8) is 0 Å². The van der Waals surface area contributed by atoms with Gasteiger partial charge in [0.1, 0.15) is 0 Å². The van der Waals surface area contributed by atoms with Gasteiger partial charge < -0.3 is 9.80 Å². The molecule has 2 fully saturated rings. The predicted octanol–water partition coefficient (Wildman–Crippen LogP) is 5.26. The molecule has 2 aromatic carbocycles. The zero-order valence-electron chi connectivity index (χ0n) is 17.0. The molecule has 2 aromatic rings. The Morgan fingerprint density at radius 2 is 1.83 bits per heavy atom. The van der Waals surface area contributed by atoms with Gasteiger partial charge in [-0.15, -0.1) is 0 Å². The fraction of sp³-hybridized carbons (Fsp3) is 0.458. The van der Waals surface area contributed by atoms with E-state index in [1.165, 1.54) is 24.1 Å². The minimum absolute atomic E-state index is 0.152. The molecule has 152 valence electrons. The highest BCUT2D eigenvalue weighted by molar-refractivity contribution is 6.31. The summed E-state index contributed by atoms with van der Waals surface area (Å²) in [5, 5.41) is 0.804. The van der Waals surface area contributed by atoms with E-state index in [-0.39, 0.29) is 12.1 Å². The first kappa shape index (κ1) is 18.8. The smallest absolute Gasteiger partial charge is 0.324 e. The Hall–Kier alpha value is -2.20. The van der Waals surface area contributed by atoms with Crippen molar-refractivity contribution in [1.29, 1.82) is 0 Å². The summed E-state index contributed by atoms with van der Waals surface area (Å²) in [5.74, 6) is 0. The van der Waals surface area contributed by atoms with Crippen LogP contribution in [-0.2, 0) is 6.42 Å². The molecule has 2 amide bonds. The van der Waals surface area contributed by atoms with E-state index in [4.69, 9.17) is 11.6 Å². The molecule has 5 heteroatoms. The second kappa shape index (κ2) is 7.56. The molecule has 1 unspecified atom stereocenters. The molecule has 0 bridgehead atoms. The Kier molecular flexibility index (Phi) is 4.91. The molecule has 1 atom stereocenters. The zero-order valence-corrected chi connectivity index (χ0v) is 17.7. The van der Waals surface area contributed by atoms with Gasteiger partial charge >= 0.3 is 6.03 Å². The summed E-state index contributed by atoms with van der Waals surface area (Å²) in [6.45, 7) is 4.61. The fourth-order valence-electron chi connectivity index (χ4n) is 4.92. The van der Waals surface area contributed by atoms with Crippen LogP contribution in [0, 0.1) is 6.92 Å². The largest absolute Gasteiger partial charge is 0.365 e. The number of urea groups is 1. The molecular formula is C24H28ClN3O. The molecule has 1 saturated heterocycles. The molecule has 4 nitrogen and oxygen atoms in total. The Labute approximate surface area is 178 Å². The van der Waals surface area contributed by atoms with Crippen molar-refractivity contribution in [3.05, 3.63) is 58.6 Å². The van der Waals surface area contributed by atoms with E-state index in [2.05, 4.69) is 41.0 Å². The van der Waals surface area contributed by atoms with Gasteiger partial charge in [0.05, 0.1) is 11.4 Å². The summed E-state index contributed by atoms with van der Waals surface area (Å²) < 4.78 is 0. The summed E-state index contributed by atoms with van der Waals surface area (Å²) in [7, 11) is 0. The number of halogens is 1. The van der Waals surface area contributed by atoms with Gasteiger partial charge in [-0.05, 0) is 62.8 Å². The fourth-order valence-corrected chi connectivity index (χ4v) is 5.11. The van der Waals surface area contributed by atoms with E-state index in [0.29, 0.717) is 6.04 Å². The van der Waals surface area contributed by atoms with Gasteiger partial charge in [-0.25, -0.2) is 4.79 Å². The summed E-state index contributed by atoms with van der Waals surface area (Å²) in [6, 6.07) is 15.6. The van der Waals surface area contributed by atoms with E-state index in [1.54, 1.807) is 0 Å². The third-order valence-corrected chi connectivity index (χ3v) is 6.91. The van der Waals surface area contributed by atoms with Gasteiger partial charge in [0.25, 0.3) is 0 Å².